The van der Waals surface area contributed by atoms with Crippen LogP contribution in [0.15, 0.2) is 24.3 Å². The molecule has 0 amide bonds. The van der Waals surface area contributed by atoms with Crippen LogP contribution in [0.1, 0.15) is 18.2 Å². The van der Waals surface area contributed by atoms with Crippen molar-refractivity contribution in [3.8, 4) is 0 Å². The van der Waals surface area contributed by atoms with Crippen LogP contribution in [0.4, 0.5) is 0 Å². The highest BCUT2D eigenvalue weighted by molar-refractivity contribution is 5.84. The third-order valence-electron chi connectivity index (χ3n) is 2.83. The summed E-state index contributed by atoms with van der Waals surface area (Å²) in [7, 11) is 0. The summed E-state index contributed by atoms with van der Waals surface area (Å²) in [6.07, 6.45) is 0. The van der Waals surface area contributed by atoms with Gasteiger partial charge in [-0.2, -0.15) is 0 Å². The molecule has 0 atom stereocenters. The molecule has 4 N–H and O–H groups in total. The fourth-order valence-electron chi connectivity index (χ4n) is 2.15. The van der Waals surface area contributed by atoms with Crippen molar-refractivity contribution in [2.45, 2.75) is 26.6 Å². The third kappa shape index (κ3) is 1.54. The monoisotopic (exact) mass is 203 g/mol. The number of aryl methyl sites for hydroxylation is 1. The van der Waals surface area contributed by atoms with E-state index in [1.165, 1.54) is 22.2 Å². The summed E-state index contributed by atoms with van der Waals surface area (Å²) in [5.41, 5.74) is 15.1. The average Bonchev–Trinajstić information content (AvgIpc) is 2.66. The largest absolute Gasteiger partial charge is 0.343 e. The highest BCUT2D eigenvalue weighted by Gasteiger charge is 2.08. The second-order valence-electron chi connectivity index (χ2n) is 3.64. The summed E-state index contributed by atoms with van der Waals surface area (Å²) < 4.78 is 2.25. The fraction of sp³-hybridized carbons (Fsp3) is 0.333. The van der Waals surface area contributed by atoms with Gasteiger partial charge in [0.15, 0.2) is 0 Å². The SMILES string of the molecule is CCn1c(CN)cc2cccc(CN)c21. The minimum Gasteiger partial charge on any atom is -0.343 e. The van der Waals surface area contributed by atoms with Gasteiger partial charge in [-0.25, -0.2) is 0 Å². The summed E-state index contributed by atoms with van der Waals surface area (Å²) in [5.74, 6) is 0. The van der Waals surface area contributed by atoms with Gasteiger partial charge in [-0.05, 0) is 18.6 Å². The molecule has 0 fully saturated rings. The van der Waals surface area contributed by atoms with Gasteiger partial charge in [0.1, 0.15) is 0 Å². The van der Waals surface area contributed by atoms with Crippen LogP contribution < -0.4 is 11.5 Å². The van der Waals surface area contributed by atoms with Crippen LogP contribution in [0.25, 0.3) is 10.9 Å². The molecule has 3 nitrogen and oxygen atoms in total. The topological polar surface area (TPSA) is 57.0 Å². The molecule has 0 bridgehead atoms. The lowest BCUT2D eigenvalue weighted by atomic mass is 10.1. The van der Waals surface area contributed by atoms with Crippen LogP contribution in [-0.2, 0) is 19.6 Å². The molecular formula is C12H17N3. The molecular weight excluding hydrogens is 186 g/mol. The van der Waals surface area contributed by atoms with Crippen molar-refractivity contribution in [2.75, 3.05) is 0 Å². The Morgan fingerprint density at radius 1 is 1.20 bits per heavy atom. The number of nitrogens with zero attached hydrogens (tertiary/aromatic N) is 1. The lowest BCUT2D eigenvalue weighted by Crippen LogP contribution is -2.07. The van der Waals surface area contributed by atoms with E-state index in [1.807, 2.05) is 6.07 Å². The van der Waals surface area contributed by atoms with Crippen LogP contribution in [-0.4, -0.2) is 4.57 Å². The zero-order chi connectivity index (χ0) is 10.8. The zero-order valence-corrected chi connectivity index (χ0v) is 9.03. The molecule has 1 heterocycles. The molecule has 0 saturated carbocycles. The van der Waals surface area contributed by atoms with E-state index in [2.05, 4.69) is 29.7 Å². The first-order chi connectivity index (χ1) is 7.31. The van der Waals surface area contributed by atoms with Crippen LogP contribution in [0.5, 0.6) is 0 Å². The normalized spacial score (nSPS) is 11.1. The standard InChI is InChI=1S/C12H17N3/c1-2-15-11(8-14)6-9-4-3-5-10(7-13)12(9)15/h3-6H,2,7-8,13-14H2,1H3. The van der Waals surface area contributed by atoms with Crippen molar-refractivity contribution in [3.05, 3.63) is 35.5 Å². The number of fused-ring (bicyclic) bond motifs is 1. The number of hydrogen-bond acceptors (Lipinski definition) is 2. The number of benzene rings is 1. The molecule has 80 valence electrons. The van der Waals surface area contributed by atoms with E-state index in [0.717, 1.165) is 6.54 Å². The van der Waals surface area contributed by atoms with E-state index in [4.69, 9.17) is 11.5 Å². The van der Waals surface area contributed by atoms with Gasteiger partial charge in [-0.15, -0.1) is 0 Å². The Morgan fingerprint density at radius 3 is 2.60 bits per heavy atom. The maximum Gasteiger partial charge on any atom is 0.0528 e. The summed E-state index contributed by atoms with van der Waals surface area (Å²) in [5, 5.41) is 1.24. The molecule has 0 unspecified atom stereocenters. The highest BCUT2D eigenvalue weighted by atomic mass is 15.0. The minimum atomic E-state index is 0.575. The van der Waals surface area contributed by atoms with Gasteiger partial charge in [0, 0.05) is 30.7 Å². The summed E-state index contributed by atoms with van der Waals surface area (Å²) in [4.78, 5) is 0. The van der Waals surface area contributed by atoms with Gasteiger partial charge in [0.2, 0.25) is 0 Å². The molecule has 2 rings (SSSR count). The molecule has 1 aromatic carbocycles. The molecule has 0 radical (unpaired) electrons. The van der Waals surface area contributed by atoms with E-state index >= 15 is 0 Å². The molecule has 3 heteroatoms. The zero-order valence-electron chi connectivity index (χ0n) is 9.03. The van der Waals surface area contributed by atoms with Crippen molar-refractivity contribution in [1.29, 1.82) is 0 Å². The highest BCUT2D eigenvalue weighted by Crippen LogP contribution is 2.23. The third-order valence-corrected chi connectivity index (χ3v) is 2.83. The summed E-state index contributed by atoms with van der Waals surface area (Å²) in [6, 6.07) is 8.39. The van der Waals surface area contributed by atoms with Crippen molar-refractivity contribution in [1.82, 2.24) is 4.57 Å². The Hall–Kier alpha value is -1.32. The second kappa shape index (κ2) is 4.04. The molecule has 0 aliphatic carbocycles. The van der Waals surface area contributed by atoms with Crippen LogP contribution in [0.3, 0.4) is 0 Å². The summed E-state index contributed by atoms with van der Waals surface area (Å²) in [6.45, 7) is 4.22. The van der Waals surface area contributed by atoms with Crippen LogP contribution in [0.2, 0.25) is 0 Å². The van der Waals surface area contributed by atoms with Gasteiger partial charge in [-0.1, -0.05) is 18.2 Å². The van der Waals surface area contributed by atoms with E-state index in [-0.39, 0.29) is 0 Å². The molecule has 0 saturated heterocycles. The van der Waals surface area contributed by atoms with E-state index in [1.54, 1.807) is 0 Å². The number of para-hydroxylation sites is 1. The van der Waals surface area contributed by atoms with Gasteiger partial charge in [0.05, 0.1) is 5.52 Å². The average molecular weight is 203 g/mol. The van der Waals surface area contributed by atoms with Gasteiger partial charge in [0.25, 0.3) is 0 Å². The summed E-state index contributed by atoms with van der Waals surface area (Å²) >= 11 is 0. The smallest absolute Gasteiger partial charge is 0.0528 e. The Morgan fingerprint density at radius 2 is 2.00 bits per heavy atom. The Balaban J connectivity index is 2.78. The molecule has 0 spiro atoms. The van der Waals surface area contributed by atoms with Crippen molar-refractivity contribution < 1.29 is 0 Å². The molecule has 15 heavy (non-hydrogen) atoms. The van der Waals surface area contributed by atoms with Crippen molar-refractivity contribution in [2.24, 2.45) is 11.5 Å². The fourth-order valence-corrected chi connectivity index (χ4v) is 2.15. The lowest BCUT2D eigenvalue weighted by molar-refractivity contribution is 0.735. The first-order valence-corrected chi connectivity index (χ1v) is 5.32. The quantitative estimate of drug-likeness (QED) is 0.795. The molecule has 1 aromatic heterocycles. The lowest BCUT2D eigenvalue weighted by Gasteiger charge is -2.08. The number of aromatic nitrogens is 1. The Bertz CT molecular complexity index is 471. The Kier molecular flexibility index (Phi) is 2.75. The Labute approximate surface area is 89.7 Å². The second-order valence-corrected chi connectivity index (χ2v) is 3.64. The van der Waals surface area contributed by atoms with Gasteiger partial charge >= 0.3 is 0 Å². The maximum absolute atomic E-state index is 5.75. The molecule has 0 aliphatic rings. The maximum atomic E-state index is 5.75. The minimum absolute atomic E-state index is 0.575. The van der Waals surface area contributed by atoms with Crippen molar-refractivity contribution in [3.63, 3.8) is 0 Å². The number of rotatable bonds is 3. The van der Waals surface area contributed by atoms with Gasteiger partial charge in [-0.3, -0.25) is 0 Å². The first kappa shape index (κ1) is 10.2. The number of nitrogens with two attached hydrogens (primary N) is 2. The number of hydrogen-bond donors (Lipinski definition) is 2. The van der Waals surface area contributed by atoms with Gasteiger partial charge < -0.3 is 16.0 Å². The molecule has 2 aromatic rings. The van der Waals surface area contributed by atoms with Crippen LogP contribution in [0, 0.1) is 0 Å². The first-order valence-electron chi connectivity index (χ1n) is 5.32. The van der Waals surface area contributed by atoms with E-state index in [0.29, 0.717) is 13.1 Å². The van der Waals surface area contributed by atoms with Crippen molar-refractivity contribution >= 4 is 10.9 Å². The van der Waals surface area contributed by atoms with E-state index < -0.39 is 0 Å². The molecule has 0 aliphatic heterocycles. The predicted octanol–water partition coefficient (Wildman–Crippen LogP) is 1.58. The predicted molar refractivity (Wildman–Crippen MR) is 63.4 cm³/mol. The van der Waals surface area contributed by atoms with Crippen LogP contribution >= 0.6 is 0 Å². The van der Waals surface area contributed by atoms with E-state index in [9.17, 15) is 0 Å².